The molecule has 2 aromatic carbocycles. The average molecular weight is 488 g/mol. The quantitative estimate of drug-likeness (QED) is 0.482. The van der Waals surface area contributed by atoms with Crippen molar-refractivity contribution in [2.75, 3.05) is 30.3 Å². The molecule has 1 heterocycles. The summed E-state index contributed by atoms with van der Waals surface area (Å²) < 4.78 is 6.38. The molecule has 0 aliphatic carbocycles. The summed E-state index contributed by atoms with van der Waals surface area (Å²) in [4.78, 5) is 31.4. The number of hydrogen-bond donors (Lipinski definition) is 0. The fourth-order valence-electron chi connectivity index (χ4n) is 3.03. The molecule has 0 aromatic heterocycles. The Morgan fingerprint density at radius 1 is 1.31 bits per heavy atom. The first-order valence-electron chi connectivity index (χ1n) is 9.98. The molecule has 0 bridgehead atoms. The summed E-state index contributed by atoms with van der Waals surface area (Å²) in [6, 6.07) is 14.4. The SMILES string of the molecule is Cc1cc(N(CCC#N)C(=O)COC(=O)c2ccccc2CSC2=NCCS2)ccc1Cl. The number of carbonyl (C=O) groups is 2. The van der Waals surface area contributed by atoms with Crippen LogP contribution in [0.15, 0.2) is 47.5 Å². The zero-order valence-corrected chi connectivity index (χ0v) is 19.9. The molecule has 0 N–H and O–H groups in total. The number of nitrogens with zero attached hydrogens (tertiary/aromatic N) is 3. The third-order valence-electron chi connectivity index (χ3n) is 4.67. The minimum atomic E-state index is -0.553. The Morgan fingerprint density at radius 3 is 2.84 bits per heavy atom. The molecule has 0 fully saturated rings. The molecule has 1 aliphatic rings. The van der Waals surface area contributed by atoms with Crippen LogP contribution in [0.4, 0.5) is 5.69 Å². The van der Waals surface area contributed by atoms with Gasteiger partial charge in [-0.2, -0.15) is 5.26 Å². The number of carbonyl (C=O) groups excluding carboxylic acids is 2. The van der Waals surface area contributed by atoms with Crippen molar-refractivity contribution < 1.29 is 14.3 Å². The largest absolute Gasteiger partial charge is 0.452 e. The normalized spacial score (nSPS) is 12.7. The molecular formula is C23H22ClN3O3S2. The predicted octanol–water partition coefficient (Wildman–Crippen LogP) is 5.09. The molecular weight excluding hydrogens is 466 g/mol. The van der Waals surface area contributed by atoms with E-state index in [0.717, 1.165) is 27.8 Å². The van der Waals surface area contributed by atoms with Crippen LogP contribution in [-0.2, 0) is 15.3 Å². The van der Waals surface area contributed by atoms with Crippen molar-refractivity contribution in [2.45, 2.75) is 19.1 Å². The second-order valence-corrected chi connectivity index (χ2v) is 9.62. The summed E-state index contributed by atoms with van der Waals surface area (Å²) in [5.41, 5.74) is 2.68. The van der Waals surface area contributed by atoms with E-state index in [1.807, 2.05) is 25.1 Å². The van der Waals surface area contributed by atoms with Crippen LogP contribution >= 0.6 is 35.1 Å². The monoisotopic (exact) mass is 487 g/mol. The van der Waals surface area contributed by atoms with Crippen LogP contribution in [0, 0.1) is 18.3 Å². The molecule has 0 radical (unpaired) electrons. The lowest BCUT2D eigenvalue weighted by Gasteiger charge is -2.22. The fraction of sp³-hybridized carbons (Fsp3) is 0.304. The summed E-state index contributed by atoms with van der Waals surface area (Å²) in [5.74, 6) is 0.634. The van der Waals surface area contributed by atoms with Crippen molar-refractivity contribution in [3.05, 3.63) is 64.2 Å². The van der Waals surface area contributed by atoms with E-state index in [1.165, 1.54) is 4.90 Å². The minimum Gasteiger partial charge on any atom is -0.452 e. The summed E-state index contributed by atoms with van der Waals surface area (Å²) in [6.07, 6.45) is 0.156. The Morgan fingerprint density at radius 2 is 2.12 bits per heavy atom. The summed E-state index contributed by atoms with van der Waals surface area (Å²) in [6.45, 7) is 2.44. The van der Waals surface area contributed by atoms with Gasteiger partial charge in [-0.1, -0.05) is 53.3 Å². The maximum absolute atomic E-state index is 12.8. The minimum absolute atomic E-state index is 0.156. The van der Waals surface area contributed by atoms with Gasteiger partial charge in [-0.15, -0.1) is 0 Å². The summed E-state index contributed by atoms with van der Waals surface area (Å²) in [5, 5.41) is 9.55. The topological polar surface area (TPSA) is 82.8 Å². The molecule has 0 unspecified atom stereocenters. The molecule has 0 spiro atoms. The number of rotatable bonds is 8. The third kappa shape index (κ3) is 6.52. The summed E-state index contributed by atoms with van der Waals surface area (Å²) >= 11 is 9.40. The van der Waals surface area contributed by atoms with Crippen molar-refractivity contribution >= 4 is 57.1 Å². The first-order chi connectivity index (χ1) is 15.5. The van der Waals surface area contributed by atoms with Crippen LogP contribution in [0.25, 0.3) is 0 Å². The van der Waals surface area contributed by atoms with Gasteiger partial charge in [0.2, 0.25) is 0 Å². The van der Waals surface area contributed by atoms with Gasteiger partial charge in [0, 0.05) is 28.8 Å². The zero-order valence-electron chi connectivity index (χ0n) is 17.5. The highest BCUT2D eigenvalue weighted by Crippen LogP contribution is 2.27. The highest BCUT2D eigenvalue weighted by molar-refractivity contribution is 8.38. The smallest absolute Gasteiger partial charge is 0.338 e. The number of esters is 1. The number of halogens is 1. The van der Waals surface area contributed by atoms with Gasteiger partial charge in [0.05, 0.1) is 24.6 Å². The lowest BCUT2D eigenvalue weighted by atomic mass is 10.1. The van der Waals surface area contributed by atoms with Gasteiger partial charge in [0.1, 0.15) is 4.38 Å². The maximum atomic E-state index is 12.8. The molecule has 1 aliphatic heterocycles. The predicted molar refractivity (Wildman–Crippen MR) is 132 cm³/mol. The number of ether oxygens (including phenoxy) is 1. The van der Waals surface area contributed by atoms with Crippen molar-refractivity contribution in [1.82, 2.24) is 0 Å². The Labute approximate surface area is 201 Å². The van der Waals surface area contributed by atoms with Gasteiger partial charge in [0.25, 0.3) is 5.91 Å². The second-order valence-electron chi connectivity index (χ2n) is 6.91. The number of anilines is 1. The first-order valence-corrected chi connectivity index (χ1v) is 12.3. The van der Waals surface area contributed by atoms with E-state index in [9.17, 15) is 9.59 Å². The van der Waals surface area contributed by atoms with Crippen LogP contribution < -0.4 is 4.90 Å². The van der Waals surface area contributed by atoms with E-state index in [-0.39, 0.29) is 13.0 Å². The van der Waals surface area contributed by atoms with Crippen LogP contribution in [0.5, 0.6) is 0 Å². The van der Waals surface area contributed by atoms with E-state index in [1.54, 1.807) is 53.9 Å². The van der Waals surface area contributed by atoms with Gasteiger partial charge >= 0.3 is 5.97 Å². The van der Waals surface area contributed by atoms with E-state index < -0.39 is 18.5 Å². The molecule has 0 saturated heterocycles. The van der Waals surface area contributed by atoms with Gasteiger partial charge in [-0.25, -0.2) is 4.79 Å². The van der Waals surface area contributed by atoms with Crippen LogP contribution in [0.3, 0.4) is 0 Å². The molecule has 1 amide bonds. The molecule has 166 valence electrons. The Bertz CT molecular complexity index is 1070. The lowest BCUT2D eigenvalue weighted by molar-refractivity contribution is -0.121. The fourth-order valence-corrected chi connectivity index (χ4v) is 5.16. The molecule has 0 atom stereocenters. The number of hydrogen-bond acceptors (Lipinski definition) is 7. The Kier molecular flexibility index (Phi) is 9.03. The van der Waals surface area contributed by atoms with Crippen molar-refractivity contribution in [3.63, 3.8) is 0 Å². The molecule has 0 saturated carbocycles. The number of nitriles is 1. The highest BCUT2D eigenvalue weighted by Gasteiger charge is 2.20. The van der Waals surface area contributed by atoms with Crippen LogP contribution in [0.1, 0.15) is 27.9 Å². The van der Waals surface area contributed by atoms with E-state index in [2.05, 4.69) is 4.99 Å². The second kappa shape index (κ2) is 12.0. The molecule has 3 rings (SSSR count). The van der Waals surface area contributed by atoms with Gasteiger partial charge in [-0.3, -0.25) is 9.79 Å². The molecule has 9 heteroatoms. The van der Waals surface area contributed by atoms with E-state index in [4.69, 9.17) is 21.6 Å². The summed E-state index contributed by atoms with van der Waals surface area (Å²) in [7, 11) is 0. The van der Waals surface area contributed by atoms with Gasteiger partial charge in [-0.05, 0) is 42.3 Å². The van der Waals surface area contributed by atoms with E-state index >= 15 is 0 Å². The molecule has 6 nitrogen and oxygen atoms in total. The highest BCUT2D eigenvalue weighted by atomic mass is 35.5. The average Bonchev–Trinajstić information content (AvgIpc) is 3.32. The number of amides is 1. The Hall–Kier alpha value is -2.47. The number of benzene rings is 2. The molecule has 2 aromatic rings. The first kappa shape index (κ1) is 24.2. The standard InChI is InChI=1S/C23H22ClN3O3S2/c1-16-13-18(7-8-20(16)24)27(11-4-9-25)21(28)14-30-22(29)19-6-3-2-5-17(19)15-32-23-26-10-12-31-23/h2-3,5-8,13H,4,10-12,14-15H2,1H3. The third-order valence-corrected chi connectivity index (χ3v) is 7.40. The van der Waals surface area contributed by atoms with E-state index in [0.29, 0.717) is 22.0 Å². The zero-order chi connectivity index (χ0) is 22.9. The van der Waals surface area contributed by atoms with Crippen LogP contribution in [-0.4, -0.2) is 41.7 Å². The maximum Gasteiger partial charge on any atom is 0.338 e. The van der Waals surface area contributed by atoms with Crippen molar-refractivity contribution in [2.24, 2.45) is 4.99 Å². The number of aryl methyl sites for hydroxylation is 1. The van der Waals surface area contributed by atoms with Gasteiger partial charge < -0.3 is 9.64 Å². The van der Waals surface area contributed by atoms with Crippen molar-refractivity contribution in [1.29, 1.82) is 5.26 Å². The van der Waals surface area contributed by atoms with Crippen molar-refractivity contribution in [3.8, 4) is 6.07 Å². The van der Waals surface area contributed by atoms with Gasteiger partial charge in [0.15, 0.2) is 6.61 Å². The number of thioether (sulfide) groups is 2. The van der Waals surface area contributed by atoms with Crippen LogP contribution in [0.2, 0.25) is 5.02 Å². The Balaban J connectivity index is 1.66. The number of aliphatic imine (C=N–C) groups is 1. The lowest BCUT2D eigenvalue weighted by Crippen LogP contribution is -2.35. The molecule has 32 heavy (non-hydrogen) atoms.